The van der Waals surface area contributed by atoms with Gasteiger partial charge in [0, 0.05) is 5.69 Å². The van der Waals surface area contributed by atoms with Gasteiger partial charge in [0.25, 0.3) is 10.0 Å². The number of ether oxygens (including phenoxy) is 2. The van der Waals surface area contributed by atoms with Gasteiger partial charge in [-0.15, -0.1) is 0 Å². The molecule has 0 unspecified atom stereocenters. The summed E-state index contributed by atoms with van der Waals surface area (Å²) in [4.78, 5) is 11.8. The van der Waals surface area contributed by atoms with E-state index in [2.05, 4.69) is 9.46 Å². The van der Waals surface area contributed by atoms with E-state index in [1.165, 1.54) is 38.5 Å². The van der Waals surface area contributed by atoms with Crippen LogP contribution >= 0.6 is 11.6 Å². The van der Waals surface area contributed by atoms with Crippen LogP contribution in [0.1, 0.15) is 21.5 Å². The Bertz CT molecular complexity index is 925. The van der Waals surface area contributed by atoms with E-state index in [9.17, 15) is 13.2 Å². The van der Waals surface area contributed by atoms with Crippen molar-refractivity contribution in [2.75, 3.05) is 18.9 Å². The molecule has 0 aliphatic rings. The average molecular weight is 384 g/mol. The number of hydrogen-bond acceptors (Lipinski definition) is 5. The number of hydrogen-bond donors (Lipinski definition) is 1. The van der Waals surface area contributed by atoms with Crippen LogP contribution in [0.2, 0.25) is 5.02 Å². The van der Waals surface area contributed by atoms with Crippen LogP contribution in [0.4, 0.5) is 5.69 Å². The predicted octanol–water partition coefficient (Wildman–Crippen LogP) is 3.55. The molecule has 0 bridgehead atoms. The molecule has 0 spiro atoms. The molecule has 0 saturated heterocycles. The molecule has 0 radical (unpaired) electrons. The zero-order valence-electron chi connectivity index (χ0n) is 14.2. The number of rotatable bonds is 5. The predicted molar refractivity (Wildman–Crippen MR) is 96.1 cm³/mol. The van der Waals surface area contributed by atoms with Crippen LogP contribution in [-0.4, -0.2) is 28.6 Å². The van der Waals surface area contributed by atoms with Crippen LogP contribution < -0.4 is 9.46 Å². The Morgan fingerprint density at radius 2 is 1.76 bits per heavy atom. The summed E-state index contributed by atoms with van der Waals surface area (Å²) in [6, 6.07) is 7.30. The summed E-state index contributed by atoms with van der Waals surface area (Å²) in [6.07, 6.45) is 0. The lowest BCUT2D eigenvalue weighted by Gasteiger charge is -2.15. The van der Waals surface area contributed by atoms with Crippen LogP contribution in [-0.2, 0) is 14.8 Å². The third kappa shape index (κ3) is 3.88. The van der Waals surface area contributed by atoms with Crippen molar-refractivity contribution in [3.63, 3.8) is 0 Å². The molecule has 0 aliphatic carbocycles. The van der Waals surface area contributed by atoms with Crippen LogP contribution in [0.15, 0.2) is 35.2 Å². The molecule has 25 heavy (non-hydrogen) atoms. The lowest BCUT2D eigenvalue weighted by Crippen LogP contribution is -2.15. The van der Waals surface area contributed by atoms with Crippen molar-refractivity contribution in [3.05, 3.63) is 52.0 Å². The normalized spacial score (nSPS) is 11.1. The molecule has 0 atom stereocenters. The number of sulfonamides is 1. The number of carbonyl (C=O) groups excluding carboxylic acids is 1. The Balaban J connectivity index is 2.43. The van der Waals surface area contributed by atoms with E-state index in [0.717, 1.165) is 5.56 Å². The van der Waals surface area contributed by atoms with Gasteiger partial charge >= 0.3 is 5.97 Å². The van der Waals surface area contributed by atoms with Gasteiger partial charge in [0.05, 0.1) is 29.7 Å². The van der Waals surface area contributed by atoms with Gasteiger partial charge in [0.1, 0.15) is 5.75 Å². The highest BCUT2D eigenvalue weighted by molar-refractivity contribution is 7.92. The lowest BCUT2D eigenvalue weighted by molar-refractivity contribution is 0.0601. The van der Waals surface area contributed by atoms with Crippen LogP contribution in [0.5, 0.6) is 5.75 Å². The first-order valence-electron chi connectivity index (χ1n) is 7.26. The van der Waals surface area contributed by atoms with Gasteiger partial charge in [-0.3, -0.25) is 4.72 Å². The monoisotopic (exact) mass is 383 g/mol. The van der Waals surface area contributed by atoms with E-state index in [1.54, 1.807) is 19.9 Å². The van der Waals surface area contributed by atoms with E-state index in [1.807, 2.05) is 0 Å². The molecule has 0 saturated carbocycles. The second-order valence-electron chi connectivity index (χ2n) is 5.31. The van der Waals surface area contributed by atoms with Crippen LogP contribution in [0, 0.1) is 13.8 Å². The van der Waals surface area contributed by atoms with E-state index in [0.29, 0.717) is 11.3 Å². The van der Waals surface area contributed by atoms with Gasteiger partial charge in [-0.1, -0.05) is 11.6 Å². The highest BCUT2D eigenvalue weighted by Gasteiger charge is 2.21. The third-order valence-corrected chi connectivity index (χ3v) is 5.68. The number of methoxy groups -OCH3 is 2. The summed E-state index contributed by atoms with van der Waals surface area (Å²) < 4.78 is 37.7. The molecule has 134 valence electrons. The summed E-state index contributed by atoms with van der Waals surface area (Å²) in [7, 11) is -1.11. The quantitative estimate of drug-likeness (QED) is 0.798. The van der Waals surface area contributed by atoms with Crippen molar-refractivity contribution in [2.24, 2.45) is 0 Å². The van der Waals surface area contributed by atoms with Crippen molar-refractivity contribution >= 4 is 33.3 Å². The molecule has 2 aromatic carbocycles. The van der Waals surface area contributed by atoms with Crippen LogP contribution in [0.3, 0.4) is 0 Å². The summed E-state index contributed by atoms with van der Waals surface area (Å²) in [5, 5.41) is 0.172. The average Bonchev–Trinajstić information content (AvgIpc) is 2.57. The van der Waals surface area contributed by atoms with E-state index in [-0.39, 0.29) is 21.2 Å². The standard InChI is InChI=1S/C17H18ClNO5S/c1-10-11(2)16(8-7-15(10)23-3)25(21,22)19-12-5-6-14(18)13(9-12)17(20)24-4/h5-9,19H,1-4H3. The van der Waals surface area contributed by atoms with Gasteiger partial charge in [-0.05, 0) is 55.3 Å². The van der Waals surface area contributed by atoms with Crippen molar-refractivity contribution in [1.29, 1.82) is 0 Å². The largest absolute Gasteiger partial charge is 0.496 e. The first kappa shape index (κ1) is 19.1. The summed E-state index contributed by atoms with van der Waals surface area (Å²) in [5.74, 6) is -0.0431. The summed E-state index contributed by atoms with van der Waals surface area (Å²) in [5.41, 5.74) is 1.59. The minimum Gasteiger partial charge on any atom is -0.496 e. The first-order valence-corrected chi connectivity index (χ1v) is 9.12. The molecule has 2 aromatic rings. The Labute approximate surface area is 151 Å². The minimum atomic E-state index is -3.85. The maximum atomic E-state index is 12.7. The third-order valence-electron chi connectivity index (χ3n) is 3.82. The fraction of sp³-hybridized carbons (Fsp3) is 0.235. The molecular formula is C17H18ClNO5S. The van der Waals surface area contributed by atoms with Gasteiger partial charge in [-0.25, -0.2) is 13.2 Å². The molecule has 1 N–H and O–H groups in total. The number of benzene rings is 2. The molecule has 2 rings (SSSR count). The topological polar surface area (TPSA) is 81.7 Å². The second-order valence-corrected chi connectivity index (χ2v) is 7.37. The Hall–Kier alpha value is -2.25. The van der Waals surface area contributed by atoms with Gasteiger partial charge < -0.3 is 9.47 Å². The highest BCUT2D eigenvalue weighted by Crippen LogP contribution is 2.29. The Morgan fingerprint density at radius 3 is 2.36 bits per heavy atom. The van der Waals surface area contributed by atoms with E-state index >= 15 is 0 Å². The molecule has 8 heteroatoms. The SMILES string of the molecule is COC(=O)c1cc(NS(=O)(=O)c2ccc(OC)c(C)c2C)ccc1Cl. The molecule has 0 fully saturated rings. The highest BCUT2D eigenvalue weighted by atomic mass is 35.5. The fourth-order valence-electron chi connectivity index (χ4n) is 2.35. The zero-order valence-corrected chi connectivity index (χ0v) is 15.8. The molecule has 0 amide bonds. The van der Waals surface area contributed by atoms with E-state index in [4.69, 9.17) is 16.3 Å². The number of carbonyl (C=O) groups is 1. The van der Waals surface area contributed by atoms with Gasteiger partial charge in [-0.2, -0.15) is 0 Å². The lowest BCUT2D eigenvalue weighted by atomic mass is 10.1. The van der Waals surface area contributed by atoms with Crippen LogP contribution in [0.25, 0.3) is 0 Å². The number of esters is 1. The second kappa shape index (κ2) is 7.33. The zero-order chi connectivity index (χ0) is 18.8. The minimum absolute atomic E-state index is 0.0759. The van der Waals surface area contributed by atoms with Crippen molar-refractivity contribution in [1.82, 2.24) is 0 Å². The Kier molecular flexibility index (Phi) is 5.59. The van der Waals surface area contributed by atoms with Crippen molar-refractivity contribution in [2.45, 2.75) is 18.7 Å². The molecular weight excluding hydrogens is 366 g/mol. The smallest absolute Gasteiger partial charge is 0.339 e. The molecule has 6 nitrogen and oxygen atoms in total. The van der Waals surface area contributed by atoms with E-state index < -0.39 is 16.0 Å². The van der Waals surface area contributed by atoms with Gasteiger partial charge in [0.2, 0.25) is 0 Å². The van der Waals surface area contributed by atoms with Crippen molar-refractivity contribution in [3.8, 4) is 5.75 Å². The maximum Gasteiger partial charge on any atom is 0.339 e. The first-order chi connectivity index (χ1) is 11.7. The molecule has 0 aromatic heterocycles. The molecule has 0 heterocycles. The number of nitrogens with one attached hydrogen (secondary N) is 1. The maximum absolute atomic E-state index is 12.7. The number of anilines is 1. The van der Waals surface area contributed by atoms with Crippen molar-refractivity contribution < 1.29 is 22.7 Å². The summed E-state index contributed by atoms with van der Waals surface area (Å²) >= 11 is 5.95. The van der Waals surface area contributed by atoms with Gasteiger partial charge in [0.15, 0.2) is 0 Å². The molecule has 0 aliphatic heterocycles. The number of halogens is 1. The summed E-state index contributed by atoms with van der Waals surface area (Å²) in [6.45, 7) is 3.49. The fourth-order valence-corrected chi connectivity index (χ4v) is 3.89. The Morgan fingerprint density at radius 1 is 1.08 bits per heavy atom.